The Bertz CT molecular complexity index is 1100. The fourth-order valence-electron chi connectivity index (χ4n) is 4.23. The predicted molar refractivity (Wildman–Crippen MR) is 107 cm³/mol. The first kappa shape index (κ1) is 16.3. The summed E-state index contributed by atoms with van der Waals surface area (Å²) in [6.07, 6.45) is 6.29. The molecule has 3 aromatic heterocycles. The van der Waals surface area contributed by atoms with Gasteiger partial charge in [-0.25, -0.2) is 4.98 Å². The highest BCUT2D eigenvalue weighted by atomic mass is 15.3. The summed E-state index contributed by atoms with van der Waals surface area (Å²) < 4.78 is 2.05. The fraction of sp³-hybridized carbons (Fsp3) is 0.350. The summed E-state index contributed by atoms with van der Waals surface area (Å²) in [5, 5.41) is 13.8. The van der Waals surface area contributed by atoms with Crippen LogP contribution in [0.4, 0.5) is 5.82 Å². The Morgan fingerprint density at radius 2 is 2.19 bits per heavy atom. The van der Waals surface area contributed by atoms with E-state index in [1.165, 1.54) is 19.4 Å². The molecule has 1 aromatic carbocycles. The number of nitrogens with one attached hydrogen (secondary N) is 1. The average Bonchev–Trinajstić information content (AvgIpc) is 3.42. The van der Waals surface area contributed by atoms with Gasteiger partial charge >= 0.3 is 0 Å². The topological polar surface area (TPSA) is 88.6 Å². The van der Waals surface area contributed by atoms with Crippen molar-refractivity contribution in [2.24, 2.45) is 0 Å². The number of hydrogen-bond donors (Lipinski definition) is 2. The molecule has 0 aliphatic carbocycles. The number of fused-ring (bicyclic) bond motifs is 3. The molecule has 138 valence electrons. The number of likely N-dealkylation sites (tertiary alicyclic amines) is 1. The first-order valence-corrected chi connectivity index (χ1v) is 9.53. The molecule has 0 radical (unpaired) electrons. The van der Waals surface area contributed by atoms with Gasteiger partial charge in [0.25, 0.3) is 0 Å². The third-order valence-electron chi connectivity index (χ3n) is 5.65. The van der Waals surface area contributed by atoms with Crippen LogP contribution in [-0.2, 0) is 6.54 Å². The van der Waals surface area contributed by atoms with Crippen LogP contribution in [-0.4, -0.2) is 49.0 Å². The van der Waals surface area contributed by atoms with Crippen molar-refractivity contribution in [1.82, 2.24) is 29.9 Å². The smallest absolute Gasteiger partial charge is 0.135 e. The van der Waals surface area contributed by atoms with E-state index in [-0.39, 0.29) is 0 Å². The van der Waals surface area contributed by atoms with E-state index in [1.807, 2.05) is 23.0 Å². The second-order valence-electron chi connectivity index (χ2n) is 7.24. The normalized spacial score (nSPS) is 18.0. The zero-order valence-electron chi connectivity index (χ0n) is 15.4. The van der Waals surface area contributed by atoms with Crippen LogP contribution in [0, 0.1) is 0 Å². The maximum atomic E-state index is 6.27. The minimum atomic E-state index is 0.532. The van der Waals surface area contributed by atoms with E-state index in [0.717, 1.165) is 46.2 Å². The zero-order valence-corrected chi connectivity index (χ0v) is 15.4. The lowest BCUT2D eigenvalue weighted by molar-refractivity contribution is 0.239. The minimum Gasteiger partial charge on any atom is -0.383 e. The van der Waals surface area contributed by atoms with Crippen LogP contribution in [0.1, 0.15) is 19.8 Å². The third kappa shape index (κ3) is 2.75. The van der Waals surface area contributed by atoms with Gasteiger partial charge in [0.2, 0.25) is 0 Å². The Morgan fingerprint density at radius 1 is 1.26 bits per heavy atom. The third-order valence-corrected chi connectivity index (χ3v) is 5.65. The molecule has 0 amide bonds. The van der Waals surface area contributed by atoms with Gasteiger partial charge < -0.3 is 5.73 Å². The van der Waals surface area contributed by atoms with Crippen molar-refractivity contribution < 1.29 is 0 Å². The second kappa shape index (κ2) is 6.35. The SMILES string of the molecule is CCN1CCCC1Cn1cc2c(N)nc3cc(-c4ccn[nH]4)ccc3c2n1. The van der Waals surface area contributed by atoms with Crippen LogP contribution in [0.15, 0.2) is 36.7 Å². The van der Waals surface area contributed by atoms with Crippen molar-refractivity contribution in [2.45, 2.75) is 32.4 Å². The quantitative estimate of drug-likeness (QED) is 0.583. The van der Waals surface area contributed by atoms with Crippen LogP contribution in [0.25, 0.3) is 33.1 Å². The Labute approximate surface area is 157 Å². The highest BCUT2D eigenvalue weighted by Crippen LogP contribution is 2.30. The second-order valence-corrected chi connectivity index (χ2v) is 7.24. The molecule has 7 nitrogen and oxygen atoms in total. The largest absolute Gasteiger partial charge is 0.383 e. The van der Waals surface area contributed by atoms with Crippen LogP contribution in [0.5, 0.6) is 0 Å². The molecule has 4 aromatic rings. The molecule has 1 atom stereocenters. The van der Waals surface area contributed by atoms with Crippen molar-refractivity contribution in [1.29, 1.82) is 0 Å². The van der Waals surface area contributed by atoms with E-state index < -0.39 is 0 Å². The first-order valence-electron chi connectivity index (χ1n) is 9.53. The number of aromatic amines is 1. The Hall–Kier alpha value is -2.93. The van der Waals surface area contributed by atoms with Gasteiger partial charge in [0.1, 0.15) is 11.3 Å². The lowest BCUT2D eigenvalue weighted by Gasteiger charge is -2.22. The maximum Gasteiger partial charge on any atom is 0.135 e. The number of hydrogen-bond acceptors (Lipinski definition) is 5. The number of pyridine rings is 1. The predicted octanol–water partition coefficient (Wildman–Crippen LogP) is 3.04. The number of aromatic nitrogens is 5. The highest BCUT2D eigenvalue weighted by Gasteiger charge is 2.24. The summed E-state index contributed by atoms with van der Waals surface area (Å²) in [4.78, 5) is 7.16. The number of anilines is 1. The van der Waals surface area contributed by atoms with Gasteiger partial charge in [-0.1, -0.05) is 13.0 Å². The van der Waals surface area contributed by atoms with E-state index in [2.05, 4.69) is 39.1 Å². The van der Waals surface area contributed by atoms with Crippen LogP contribution in [0.2, 0.25) is 0 Å². The van der Waals surface area contributed by atoms with Crippen LogP contribution < -0.4 is 5.73 Å². The fourth-order valence-corrected chi connectivity index (χ4v) is 4.23. The molecule has 0 saturated carbocycles. The van der Waals surface area contributed by atoms with E-state index in [9.17, 15) is 0 Å². The van der Waals surface area contributed by atoms with Gasteiger partial charge in [-0.15, -0.1) is 0 Å². The van der Waals surface area contributed by atoms with E-state index in [0.29, 0.717) is 11.9 Å². The molecule has 3 N–H and O–H groups in total. The Balaban J connectivity index is 1.57. The molecule has 27 heavy (non-hydrogen) atoms. The minimum absolute atomic E-state index is 0.532. The molecule has 5 rings (SSSR count). The van der Waals surface area contributed by atoms with Gasteiger partial charge in [-0.05, 0) is 44.1 Å². The summed E-state index contributed by atoms with van der Waals surface area (Å²) in [6.45, 7) is 5.40. The number of rotatable bonds is 4. The Kier molecular flexibility index (Phi) is 3.82. The highest BCUT2D eigenvalue weighted by molar-refractivity contribution is 6.08. The molecule has 1 saturated heterocycles. The van der Waals surface area contributed by atoms with E-state index >= 15 is 0 Å². The number of nitrogens with two attached hydrogens (primary N) is 1. The standard InChI is InChI=1S/C20H23N7/c1-2-26-9-3-4-14(26)11-27-12-16-19(25-27)15-6-5-13(17-7-8-22-24-17)10-18(15)23-20(16)21/h5-8,10,12,14H,2-4,9,11H2,1H3,(H2,21,23)(H,22,24). The molecule has 1 unspecified atom stereocenters. The molecule has 0 bridgehead atoms. The molecule has 7 heteroatoms. The molecule has 0 spiro atoms. The maximum absolute atomic E-state index is 6.27. The van der Waals surface area contributed by atoms with Crippen molar-refractivity contribution in [2.75, 3.05) is 18.8 Å². The molecule has 1 fully saturated rings. The van der Waals surface area contributed by atoms with Crippen LogP contribution >= 0.6 is 0 Å². The number of nitrogens with zero attached hydrogens (tertiary/aromatic N) is 5. The number of nitrogen functional groups attached to an aromatic ring is 1. The first-order chi connectivity index (χ1) is 13.2. The molecular weight excluding hydrogens is 338 g/mol. The summed E-state index contributed by atoms with van der Waals surface area (Å²) in [5.74, 6) is 0.532. The van der Waals surface area contributed by atoms with Gasteiger partial charge in [-0.3, -0.25) is 14.7 Å². The van der Waals surface area contributed by atoms with Gasteiger partial charge in [0.15, 0.2) is 0 Å². The number of likely N-dealkylation sites (N-methyl/N-ethyl adjacent to an activating group) is 1. The summed E-state index contributed by atoms with van der Waals surface area (Å²) >= 11 is 0. The molecule has 1 aliphatic rings. The average molecular weight is 361 g/mol. The van der Waals surface area contributed by atoms with Crippen molar-refractivity contribution >= 4 is 27.6 Å². The summed E-state index contributed by atoms with van der Waals surface area (Å²) in [7, 11) is 0. The van der Waals surface area contributed by atoms with Crippen molar-refractivity contribution in [3.63, 3.8) is 0 Å². The number of benzene rings is 1. The van der Waals surface area contributed by atoms with E-state index in [4.69, 9.17) is 10.8 Å². The van der Waals surface area contributed by atoms with E-state index in [1.54, 1.807) is 6.20 Å². The Morgan fingerprint density at radius 3 is 3.00 bits per heavy atom. The van der Waals surface area contributed by atoms with Gasteiger partial charge in [0, 0.05) is 29.4 Å². The van der Waals surface area contributed by atoms with Crippen molar-refractivity contribution in [3.8, 4) is 11.3 Å². The monoisotopic (exact) mass is 361 g/mol. The van der Waals surface area contributed by atoms with Crippen molar-refractivity contribution in [3.05, 3.63) is 36.7 Å². The molecule has 4 heterocycles. The zero-order chi connectivity index (χ0) is 18.4. The van der Waals surface area contributed by atoms with Crippen LogP contribution in [0.3, 0.4) is 0 Å². The summed E-state index contributed by atoms with van der Waals surface area (Å²) in [5.41, 5.74) is 10.1. The molecule has 1 aliphatic heterocycles. The van der Waals surface area contributed by atoms with Gasteiger partial charge in [0.05, 0.1) is 23.1 Å². The summed E-state index contributed by atoms with van der Waals surface area (Å²) in [6, 6.07) is 8.68. The number of H-pyrrole nitrogens is 1. The molecular formula is C20H23N7. The van der Waals surface area contributed by atoms with Gasteiger partial charge in [-0.2, -0.15) is 10.2 Å². The lowest BCUT2D eigenvalue weighted by Crippen LogP contribution is -2.32. The lowest BCUT2D eigenvalue weighted by atomic mass is 10.1.